The van der Waals surface area contributed by atoms with Gasteiger partial charge in [0.05, 0.1) is 0 Å². The third-order valence-electron chi connectivity index (χ3n) is 5.25. The number of amides is 1. The smallest absolute Gasteiger partial charge is 0.269 e. The minimum absolute atomic E-state index is 0.0549. The fourth-order valence-electron chi connectivity index (χ4n) is 3.56. The number of benzene rings is 1. The molecule has 1 aromatic carbocycles. The lowest BCUT2D eigenvalue weighted by Crippen LogP contribution is -2.36. The number of nitriles is 1. The minimum atomic E-state index is -0.410. The number of hydrogen-bond acceptors (Lipinski definition) is 5. The van der Waals surface area contributed by atoms with Gasteiger partial charge in [-0.3, -0.25) is 14.0 Å². The summed E-state index contributed by atoms with van der Waals surface area (Å²) in [6.45, 7) is 3.18. The Labute approximate surface area is 179 Å². The number of hydrogen-bond donors (Lipinski definition) is 0. The summed E-state index contributed by atoms with van der Waals surface area (Å²) >= 11 is 0. The lowest BCUT2D eigenvalue weighted by Gasteiger charge is -2.26. The molecule has 0 saturated carbocycles. The first-order chi connectivity index (χ1) is 15.1. The van der Waals surface area contributed by atoms with Crippen molar-refractivity contribution in [2.45, 2.75) is 26.2 Å². The molecule has 0 atom stereocenters. The zero-order valence-electron chi connectivity index (χ0n) is 17.2. The Bertz CT molecular complexity index is 1250. The predicted molar refractivity (Wildman–Crippen MR) is 117 cm³/mol. The van der Waals surface area contributed by atoms with Gasteiger partial charge in [0.1, 0.15) is 28.6 Å². The van der Waals surface area contributed by atoms with Crippen LogP contribution in [0.1, 0.15) is 30.4 Å². The molecule has 0 bridgehead atoms. The van der Waals surface area contributed by atoms with Crippen molar-refractivity contribution in [3.8, 4) is 17.7 Å². The SMILES string of the molecule is Cc1ccc(Oc2nc3ccccn3c(=O)c2/C=C(/C#N)C(=O)N2CCCCC2)cc1. The molecule has 4 rings (SSSR count). The molecule has 1 aliphatic heterocycles. The summed E-state index contributed by atoms with van der Waals surface area (Å²) in [6.07, 6.45) is 5.78. The Morgan fingerprint density at radius 2 is 1.87 bits per heavy atom. The topological polar surface area (TPSA) is 87.7 Å². The average Bonchev–Trinajstić information content (AvgIpc) is 2.81. The lowest BCUT2D eigenvalue weighted by atomic mass is 10.1. The Kier molecular flexibility index (Phi) is 5.80. The molecule has 1 amide bonds. The highest BCUT2D eigenvalue weighted by atomic mass is 16.5. The largest absolute Gasteiger partial charge is 0.438 e. The molecule has 156 valence electrons. The number of piperidine rings is 1. The molecule has 0 aliphatic carbocycles. The zero-order chi connectivity index (χ0) is 21.8. The number of carbonyl (C=O) groups is 1. The van der Waals surface area contributed by atoms with Gasteiger partial charge in [-0.15, -0.1) is 0 Å². The molecule has 1 fully saturated rings. The first-order valence-electron chi connectivity index (χ1n) is 10.2. The Balaban J connectivity index is 1.82. The van der Waals surface area contributed by atoms with Gasteiger partial charge in [-0.05, 0) is 56.5 Å². The fourth-order valence-corrected chi connectivity index (χ4v) is 3.56. The van der Waals surface area contributed by atoms with E-state index in [4.69, 9.17) is 4.74 Å². The van der Waals surface area contributed by atoms with Crippen molar-refractivity contribution in [2.75, 3.05) is 13.1 Å². The van der Waals surface area contributed by atoms with Gasteiger partial charge in [-0.1, -0.05) is 23.8 Å². The normalized spacial score (nSPS) is 14.3. The third kappa shape index (κ3) is 4.33. The highest BCUT2D eigenvalue weighted by molar-refractivity contribution is 6.02. The molecule has 2 aromatic heterocycles. The molecule has 31 heavy (non-hydrogen) atoms. The van der Waals surface area contributed by atoms with Crippen LogP contribution in [0.15, 0.2) is 59.0 Å². The van der Waals surface area contributed by atoms with E-state index in [1.807, 2.05) is 25.1 Å². The van der Waals surface area contributed by atoms with Crippen molar-refractivity contribution in [3.05, 3.63) is 75.7 Å². The molecule has 7 nitrogen and oxygen atoms in total. The van der Waals surface area contributed by atoms with E-state index in [-0.39, 0.29) is 22.9 Å². The number of fused-ring (bicyclic) bond motifs is 1. The number of ether oxygens (including phenoxy) is 1. The molecular weight excluding hydrogens is 392 g/mol. The highest BCUT2D eigenvalue weighted by Gasteiger charge is 2.22. The summed E-state index contributed by atoms with van der Waals surface area (Å²) in [6, 6.07) is 14.5. The van der Waals surface area contributed by atoms with E-state index < -0.39 is 5.56 Å². The van der Waals surface area contributed by atoms with Gasteiger partial charge in [-0.25, -0.2) is 0 Å². The van der Waals surface area contributed by atoms with Crippen LogP contribution in [-0.4, -0.2) is 33.3 Å². The number of aryl methyl sites for hydroxylation is 1. The summed E-state index contributed by atoms with van der Waals surface area (Å²) in [7, 11) is 0. The van der Waals surface area contributed by atoms with E-state index >= 15 is 0 Å². The molecule has 1 saturated heterocycles. The number of carbonyl (C=O) groups excluding carboxylic acids is 1. The van der Waals surface area contributed by atoms with Crippen LogP contribution in [-0.2, 0) is 4.79 Å². The molecule has 1 aliphatic rings. The molecule has 0 N–H and O–H groups in total. The molecular formula is C24H22N4O3. The summed E-state index contributed by atoms with van der Waals surface area (Å²) in [4.78, 5) is 32.2. The molecule has 3 heterocycles. The van der Waals surface area contributed by atoms with Crippen LogP contribution in [0, 0.1) is 18.3 Å². The van der Waals surface area contributed by atoms with E-state index in [2.05, 4.69) is 4.98 Å². The number of rotatable bonds is 4. The molecule has 3 aromatic rings. The van der Waals surface area contributed by atoms with E-state index in [0.29, 0.717) is 24.5 Å². The second-order valence-electron chi connectivity index (χ2n) is 7.50. The van der Waals surface area contributed by atoms with Crippen molar-refractivity contribution in [3.63, 3.8) is 0 Å². The molecule has 0 unspecified atom stereocenters. The summed E-state index contributed by atoms with van der Waals surface area (Å²) in [5.41, 5.74) is 1.02. The first kappa shape index (κ1) is 20.4. The van der Waals surface area contributed by atoms with Crippen LogP contribution in [0.5, 0.6) is 11.6 Å². The number of pyridine rings is 1. The van der Waals surface area contributed by atoms with E-state index in [9.17, 15) is 14.9 Å². The standard InChI is InChI=1S/C24H22N4O3/c1-17-8-10-19(11-9-17)31-22-20(24(30)28-14-6-3-7-21(28)26-22)15-18(16-25)23(29)27-12-4-2-5-13-27/h3,6-11,14-15H,2,4-5,12-13H2,1H3/b18-15-. The van der Waals surface area contributed by atoms with Gasteiger partial charge in [0.2, 0.25) is 5.88 Å². The minimum Gasteiger partial charge on any atom is -0.438 e. The number of likely N-dealkylation sites (tertiary alicyclic amines) is 1. The van der Waals surface area contributed by atoms with Crippen LogP contribution >= 0.6 is 0 Å². The van der Waals surface area contributed by atoms with Crippen molar-refractivity contribution < 1.29 is 9.53 Å². The third-order valence-corrected chi connectivity index (χ3v) is 5.25. The monoisotopic (exact) mass is 414 g/mol. The van der Waals surface area contributed by atoms with E-state index in [1.54, 1.807) is 41.4 Å². The van der Waals surface area contributed by atoms with Crippen LogP contribution in [0.2, 0.25) is 0 Å². The van der Waals surface area contributed by atoms with Crippen LogP contribution < -0.4 is 10.3 Å². The van der Waals surface area contributed by atoms with Gasteiger partial charge in [0, 0.05) is 19.3 Å². The van der Waals surface area contributed by atoms with Gasteiger partial charge in [-0.2, -0.15) is 10.2 Å². The lowest BCUT2D eigenvalue weighted by molar-refractivity contribution is -0.127. The molecule has 7 heteroatoms. The Morgan fingerprint density at radius 3 is 2.58 bits per heavy atom. The predicted octanol–water partition coefficient (Wildman–Crippen LogP) is 3.71. The maximum atomic E-state index is 13.2. The quantitative estimate of drug-likeness (QED) is 0.480. The number of aromatic nitrogens is 2. The number of nitrogens with zero attached hydrogens (tertiary/aromatic N) is 4. The van der Waals surface area contributed by atoms with Gasteiger partial charge in [0.15, 0.2) is 0 Å². The van der Waals surface area contributed by atoms with Crippen molar-refractivity contribution in [2.24, 2.45) is 0 Å². The van der Waals surface area contributed by atoms with Crippen LogP contribution in [0.3, 0.4) is 0 Å². The van der Waals surface area contributed by atoms with Crippen molar-refractivity contribution in [1.82, 2.24) is 14.3 Å². The Morgan fingerprint density at radius 1 is 1.13 bits per heavy atom. The van der Waals surface area contributed by atoms with E-state index in [0.717, 1.165) is 24.8 Å². The van der Waals surface area contributed by atoms with E-state index in [1.165, 1.54) is 10.5 Å². The highest BCUT2D eigenvalue weighted by Crippen LogP contribution is 2.25. The fraction of sp³-hybridized carbons (Fsp3) is 0.250. The van der Waals surface area contributed by atoms with Gasteiger partial charge in [0.25, 0.3) is 11.5 Å². The second-order valence-corrected chi connectivity index (χ2v) is 7.50. The average molecular weight is 414 g/mol. The summed E-state index contributed by atoms with van der Waals surface area (Å²) in [5, 5.41) is 9.67. The van der Waals surface area contributed by atoms with Gasteiger partial charge < -0.3 is 9.64 Å². The molecule has 0 radical (unpaired) electrons. The van der Waals surface area contributed by atoms with Crippen LogP contribution in [0.25, 0.3) is 11.7 Å². The zero-order valence-corrected chi connectivity index (χ0v) is 17.2. The van der Waals surface area contributed by atoms with Crippen LogP contribution in [0.4, 0.5) is 0 Å². The van der Waals surface area contributed by atoms with Crippen molar-refractivity contribution in [1.29, 1.82) is 5.26 Å². The summed E-state index contributed by atoms with van der Waals surface area (Å²) in [5.74, 6) is 0.189. The summed E-state index contributed by atoms with van der Waals surface area (Å²) < 4.78 is 7.29. The maximum absolute atomic E-state index is 13.2. The molecule has 0 spiro atoms. The second kappa shape index (κ2) is 8.84. The first-order valence-corrected chi connectivity index (χ1v) is 10.2. The maximum Gasteiger partial charge on any atom is 0.269 e. The van der Waals surface area contributed by atoms with Gasteiger partial charge >= 0.3 is 0 Å². The Hall–Kier alpha value is -3.92. The van der Waals surface area contributed by atoms with Crippen molar-refractivity contribution >= 4 is 17.6 Å².